The molecule has 0 aromatic rings. The predicted octanol–water partition coefficient (Wildman–Crippen LogP) is 3.05. The van der Waals surface area contributed by atoms with Crippen molar-refractivity contribution in [1.82, 2.24) is 4.90 Å². The Labute approximate surface area is 121 Å². The van der Waals surface area contributed by atoms with Gasteiger partial charge in [0, 0.05) is 18.8 Å². The van der Waals surface area contributed by atoms with Gasteiger partial charge in [-0.3, -0.25) is 0 Å². The summed E-state index contributed by atoms with van der Waals surface area (Å²) in [5, 5.41) is 0. The number of carbonyl (C=O) groups is 1. The van der Waals surface area contributed by atoms with E-state index in [1.165, 1.54) is 0 Å². The number of nitrogens with two attached hydrogens (primary N) is 1. The van der Waals surface area contributed by atoms with Crippen molar-refractivity contribution in [2.75, 3.05) is 13.1 Å². The Morgan fingerprint density at radius 1 is 1.35 bits per heavy atom. The van der Waals surface area contributed by atoms with Gasteiger partial charge in [0.1, 0.15) is 5.60 Å². The van der Waals surface area contributed by atoms with E-state index < -0.39 is 5.60 Å². The van der Waals surface area contributed by atoms with Gasteiger partial charge in [0.2, 0.25) is 0 Å². The number of nitrogens with zero attached hydrogens (tertiary/aromatic N) is 1. The summed E-state index contributed by atoms with van der Waals surface area (Å²) in [6, 6.07) is 0. The normalized spacial score (nSPS) is 24.4. The molecule has 0 aromatic heterocycles. The molecule has 0 radical (unpaired) electrons. The molecule has 4 nitrogen and oxygen atoms in total. The number of piperidine rings is 1. The fourth-order valence-corrected chi connectivity index (χ4v) is 2.84. The molecular formula is C16H26N2O2. The third-order valence-electron chi connectivity index (χ3n) is 3.96. The largest absolute Gasteiger partial charge is 0.444 e. The molecule has 112 valence electrons. The second kappa shape index (κ2) is 5.90. The molecule has 1 amide bonds. The number of hydrogen-bond acceptors (Lipinski definition) is 3. The minimum atomic E-state index is -0.414. The molecular weight excluding hydrogens is 252 g/mol. The highest BCUT2D eigenvalue weighted by molar-refractivity contribution is 5.68. The van der Waals surface area contributed by atoms with E-state index in [4.69, 9.17) is 10.5 Å². The summed E-state index contributed by atoms with van der Waals surface area (Å²) in [6.07, 6.45) is 9.27. The first-order valence-electron chi connectivity index (χ1n) is 7.47. The van der Waals surface area contributed by atoms with Gasteiger partial charge in [0.15, 0.2) is 0 Å². The van der Waals surface area contributed by atoms with E-state index >= 15 is 0 Å². The maximum absolute atomic E-state index is 12.0. The Hall–Kier alpha value is -1.45. The second-order valence-corrected chi connectivity index (χ2v) is 6.77. The van der Waals surface area contributed by atoms with Crippen LogP contribution >= 0.6 is 0 Å². The average Bonchev–Trinajstić information content (AvgIpc) is 2.38. The zero-order chi connectivity index (χ0) is 14.8. The molecule has 2 N–H and O–H groups in total. The lowest BCUT2D eigenvalue weighted by Gasteiger charge is -2.36. The SMILES string of the molecule is CC(C)(C)OC(=O)N1CCC(C2C=CC(N)=CC2)CC1. The van der Waals surface area contributed by atoms with Crippen molar-refractivity contribution in [2.24, 2.45) is 17.6 Å². The molecule has 1 saturated heterocycles. The Morgan fingerprint density at radius 2 is 2.00 bits per heavy atom. The van der Waals surface area contributed by atoms with Gasteiger partial charge >= 0.3 is 6.09 Å². The summed E-state index contributed by atoms with van der Waals surface area (Å²) < 4.78 is 5.42. The fourth-order valence-electron chi connectivity index (χ4n) is 2.84. The maximum Gasteiger partial charge on any atom is 0.410 e. The van der Waals surface area contributed by atoms with Crippen molar-refractivity contribution >= 4 is 6.09 Å². The molecule has 1 atom stereocenters. The second-order valence-electron chi connectivity index (χ2n) is 6.77. The third-order valence-corrected chi connectivity index (χ3v) is 3.96. The van der Waals surface area contributed by atoms with Crippen LogP contribution in [0.2, 0.25) is 0 Å². The summed E-state index contributed by atoms with van der Waals surface area (Å²) >= 11 is 0. The Balaban J connectivity index is 1.81. The zero-order valence-electron chi connectivity index (χ0n) is 12.8. The molecule has 0 spiro atoms. The minimum absolute atomic E-state index is 0.181. The molecule has 2 aliphatic rings. The molecule has 0 saturated carbocycles. The van der Waals surface area contributed by atoms with Gasteiger partial charge in [-0.2, -0.15) is 0 Å². The van der Waals surface area contributed by atoms with E-state index in [9.17, 15) is 4.79 Å². The highest BCUT2D eigenvalue weighted by Crippen LogP contribution is 2.31. The topological polar surface area (TPSA) is 55.6 Å². The Bertz CT molecular complexity index is 413. The van der Waals surface area contributed by atoms with Crippen molar-refractivity contribution in [3.05, 3.63) is 23.9 Å². The molecule has 1 heterocycles. The Morgan fingerprint density at radius 3 is 2.50 bits per heavy atom. The van der Waals surface area contributed by atoms with Crippen LogP contribution in [0.3, 0.4) is 0 Å². The van der Waals surface area contributed by atoms with Crippen LogP contribution in [-0.4, -0.2) is 29.7 Å². The number of amides is 1. The lowest BCUT2D eigenvalue weighted by atomic mass is 9.80. The van der Waals surface area contributed by atoms with Crippen molar-refractivity contribution < 1.29 is 9.53 Å². The minimum Gasteiger partial charge on any atom is -0.444 e. The van der Waals surface area contributed by atoms with Gasteiger partial charge in [-0.15, -0.1) is 0 Å². The standard InChI is InChI=1S/C16H26N2O2/c1-16(2,3)20-15(19)18-10-8-13(9-11-18)12-4-6-14(17)7-5-12/h4,6-7,12-13H,5,8-11,17H2,1-3H3. The van der Waals surface area contributed by atoms with Crippen LogP contribution in [0.1, 0.15) is 40.0 Å². The molecule has 1 aliphatic heterocycles. The summed E-state index contributed by atoms with van der Waals surface area (Å²) in [6.45, 7) is 7.30. The lowest BCUT2D eigenvalue weighted by Crippen LogP contribution is -2.42. The molecule has 0 bridgehead atoms. The summed E-state index contributed by atoms with van der Waals surface area (Å²) in [5.41, 5.74) is 6.21. The van der Waals surface area contributed by atoms with E-state index in [1.807, 2.05) is 31.7 Å². The van der Waals surface area contributed by atoms with Crippen LogP contribution in [0.15, 0.2) is 23.9 Å². The van der Waals surface area contributed by atoms with Gasteiger partial charge in [0.05, 0.1) is 0 Å². The molecule has 1 aliphatic carbocycles. The van der Waals surface area contributed by atoms with Crippen LogP contribution in [0.5, 0.6) is 0 Å². The number of ether oxygens (including phenoxy) is 1. The number of allylic oxidation sites excluding steroid dienone is 3. The highest BCUT2D eigenvalue weighted by atomic mass is 16.6. The van der Waals surface area contributed by atoms with Crippen molar-refractivity contribution in [3.8, 4) is 0 Å². The highest BCUT2D eigenvalue weighted by Gasteiger charge is 2.29. The van der Waals surface area contributed by atoms with Crippen LogP contribution in [0.25, 0.3) is 0 Å². The van der Waals surface area contributed by atoms with E-state index in [0.717, 1.165) is 38.0 Å². The summed E-state index contributed by atoms with van der Waals surface area (Å²) in [4.78, 5) is 13.8. The monoisotopic (exact) mass is 278 g/mol. The van der Waals surface area contributed by atoms with Crippen LogP contribution in [-0.2, 0) is 4.74 Å². The predicted molar refractivity (Wildman–Crippen MR) is 80.0 cm³/mol. The van der Waals surface area contributed by atoms with Crippen molar-refractivity contribution in [3.63, 3.8) is 0 Å². The third kappa shape index (κ3) is 4.02. The van der Waals surface area contributed by atoms with Crippen LogP contribution < -0.4 is 5.73 Å². The lowest BCUT2D eigenvalue weighted by molar-refractivity contribution is 0.0169. The maximum atomic E-state index is 12.0. The smallest absolute Gasteiger partial charge is 0.410 e. The molecule has 1 unspecified atom stereocenters. The van der Waals surface area contributed by atoms with E-state index in [2.05, 4.69) is 12.2 Å². The van der Waals surface area contributed by atoms with E-state index in [-0.39, 0.29) is 6.09 Å². The van der Waals surface area contributed by atoms with Gasteiger partial charge < -0.3 is 15.4 Å². The number of rotatable bonds is 1. The number of hydrogen-bond donors (Lipinski definition) is 1. The van der Waals surface area contributed by atoms with Gasteiger partial charge in [-0.1, -0.05) is 12.2 Å². The first-order valence-corrected chi connectivity index (χ1v) is 7.47. The van der Waals surface area contributed by atoms with E-state index in [0.29, 0.717) is 11.8 Å². The molecule has 4 heteroatoms. The van der Waals surface area contributed by atoms with Crippen LogP contribution in [0, 0.1) is 11.8 Å². The van der Waals surface area contributed by atoms with Gasteiger partial charge in [-0.25, -0.2) is 4.79 Å². The van der Waals surface area contributed by atoms with Gasteiger partial charge in [0.25, 0.3) is 0 Å². The fraction of sp³-hybridized carbons (Fsp3) is 0.688. The van der Waals surface area contributed by atoms with Gasteiger partial charge in [-0.05, 0) is 57.9 Å². The number of likely N-dealkylation sites (tertiary alicyclic amines) is 1. The number of carbonyl (C=O) groups excluding carboxylic acids is 1. The van der Waals surface area contributed by atoms with Crippen molar-refractivity contribution in [2.45, 2.75) is 45.6 Å². The Kier molecular flexibility index (Phi) is 4.41. The quantitative estimate of drug-likeness (QED) is 0.802. The first kappa shape index (κ1) is 14.9. The zero-order valence-corrected chi connectivity index (χ0v) is 12.8. The molecule has 2 rings (SSSR count). The van der Waals surface area contributed by atoms with E-state index in [1.54, 1.807) is 0 Å². The summed E-state index contributed by atoms with van der Waals surface area (Å²) in [7, 11) is 0. The van der Waals surface area contributed by atoms with Crippen molar-refractivity contribution in [1.29, 1.82) is 0 Å². The first-order chi connectivity index (χ1) is 9.35. The average molecular weight is 278 g/mol. The molecule has 20 heavy (non-hydrogen) atoms. The summed E-state index contributed by atoms with van der Waals surface area (Å²) in [5.74, 6) is 1.22. The molecule has 0 aromatic carbocycles. The molecule has 1 fully saturated rings. The van der Waals surface area contributed by atoms with Crippen LogP contribution in [0.4, 0.5) is 4.79 Å².